The van der Waals surface area contributed by atoms with Crippen molar-refractivity contribution < 1.29 is 14.6 Å². The van der Waals surface area contributed by atoms with Gasteiger partial charge in [0.05, 0.1) is 7.11 Å². The number of nitrogens with one attached hydrogen (secondary N) is 1. The maximum atomic E-state index is 12.3. The number of ether oxygens (including phenoxy) is 1. The van der Waals surface area contributed by atoms with Gasteiger partial charge < -0.3 is 15.2 Å². The fraction of sp³-hybridized carbons (Fsp3) is 0.188. The van der Waals surface area contributed by atoms with Gasteiger partial charge in [-0.3, -0.25) is 0 Å². The fourth-order valence-electron chi connectivity index (χ4n) is 2.07. The molecule has 0 fully saturated rings. The topological polar surface area (TPSA) is 58.6 Å². The molecule has 1 unspecified atom stereocenters. The standard InChI is InChI=1S/C16H16BrNO3/c1-16(15(20)21-2,11-7-9-12(19)10-8-11)18-14-6-4-3-5-13(14)17/h3-10,18-19H,1-2H3. The highest BCUT2D eigenvalue weighted by atomic mass is 79.9. The van der Waals surface area contributed by atoms with Crippen molar-refractivity contribution in [1.29, 1.82) is 0 Å². The van der Waals surface area contributed by atoms with Crippen LogP contribution in [-0.4, -0.2) is 18.2 Å². The summed E-state index contributed by atoms with van der Waals surface area (Å²) in [6.07, 6.45) is 0. The van der Waals surface area contributed by atoms with E-state index in [9.17, 15) is 9.90 Å². The smallest absolute Gasteiger partial charge is 0.335 e. The molecule has 110 valence electrons. The van der Waals surface area contributed by atoms with E-state index in [1.54, 1.807) is 19.1 Å². The van der Waals surface area contributed by atoms with Crippen molar-refractivity contribution in [1.82, 2.24) is 0 Å². The molecular weight excluding hydrogens is 334 g/mol. The van der Waals surface area contributed by atoms with Gasteiger partial charge in [0.15, 0.2) is 5.54 Å². The van der Waals surface area contributed by atoms with Crippen molar-refractivity contribution >= 4 is 27.6 Å². The maximum absolute atomic E-state index is 12.3. The van der Waals surface area contributed by atoms with Crippen LogP contribution < -0.4 is 5.32 Å². The Morgan fingerprint density at radius 1 is 1.19 bits per heavy atom. The number of anilines is 1. The number of carbonyl (C=O) groups excluding carboxylic acids is 1. The Bertz CT molecular complexity index is 642. The van der Waals surface area contributed by atoms with Gasteiger partial charge in [0.1, 0.15) is 5.75 Å². The van der Waals surface area contributed by atoms with Crippen molar-refractivity contribution in [2.45, 2.75) is 12.5 Å². The Hall–Kier alpha value is -2.01. The summed E-state index contributed by atoms with van der Waals surface area (Å²) < 4.78 is 5.78. The van der Waals surface area contributed by atoms with Crippen molar-refractivity contribution in [2.75, 3.05) is 12.4 Å². The molecule has 2 rings (SSSR count). The molecule has 0 bridgehead atoms. The molecule has 21 heavy (non-hydrogen) atoms. The molecule has 2 aromatic rings. The van der Waals surface area contributed by atoms with Crippen LogP contribution in [0.1, 0.15) is 12.5 Å². The lowest BCUT2D eigenvalue weighted by molar-refractivity contribution is -0.145. The first-order chi connectivity index (χ1) is 9.97. The monoisotopic (exact) mass is 349 g/mol. The highest BCUT2D eigenvalue weighted by molar-refractivity contribution is 9.10. The van der Waals surface area contributed by atoms with Gasteiger partial charge in [0, 0.05) is 10.2 Å². The quantitative estimate of drug-likeness (QED) is 0.827. The Kier molecular flexibility index (Phi) is 4.53. The molecule has 0 radical (unpaired) electrons. The van der Waals surface area contributed by atoms with Crippen LogP contribution in [-0.2, 0) is 15.1 Å². The highest BCUT2D eigenvalue weighted by Gasteiger charge is 2.36. The molecule has 2 aromatic carbocycles. The van der Waals surface area contributed by atoms with Crippen LogP contribution in [0.5, 0.6) is 5.75 Å². The molecule has 0 amide bonds. The lowest BCUT2D eigenvalue weighted by Gasteiger charge is -2.30. The number of hydrogen-bond donors (Lipinski definition) is 2. The largest absolute Gasteiger partial charge is 0.508 e. The number of phenols is 1. The predicted octanol–water partition coefficient (Wildman–Crippen LogP) is 3.66. The Morgan fingerprint density at radius 2 is 1.81 bits per heavy atom. The lowest BCUT2D eigenvalue weighted by atomic mass is 9.91. The van der Waals surface area contributed by atoms with Gasteiger partial charge in [-0.1, -0.05) is 24.3 Å². The summed E-state index contributed by atoms with van der Waals surface area (Å²) in [5.41, 5.74) is 0.410. The number of aromatic hydroxyl groups is 1. The van der Waals surface area contributed by atoms with Crippen LogP contribution in [0.15, 0.2) is 53.0 Å². The fourth-order valence-corrected chi connectivity index (χ4v) is 2.46. The van der Waals surface area contributed by atoms with Crippen LogP contribution in [0.25, 0.3) is 0 Å². The van der Waals surface area contributed by atoms with E-state index in [1.807, 2.05) is 24.3 Å². The van der Waals surface area contributed by atoms with Crippen LogP contribution in [0, 0.1) is 0 Å². The lowest BCUT2D eigenvalue weighted by Crippen LogP contribution is -2.41. The minimum Gasteiger partial charge on any atom is -0.508 e. The van der Waals surface area contributed by atoms with E-state index in [0.717, 1.165) is 10.2 Å². The van der Waals surface area contributed by atoms with Crippen LogP contribution in [0.3, 0.4) is 0 Å². The maximum Gasteiger partial charge on any atom is 0.335 e. The SMILES string of the molecule is COC(=O)C(C)(Nc1ccccc1Br)c1ccc(O)cc1. The second-order valence-corrected chi connectivity index (χ2v) is 5.62. The van der Waals surface area contributed by atoms with Gasteiger partial charge in [-0.05, 0) is 52.7 Å². The molecule has 0 aliphatic rings. The zero-order chi connectivity index (χ0) is 15.5. The van der Waals surface area contributed by atoms with Gasteiger partial charge in [0.25, 0.3) is 0 Å². The summed E-state index contributed by atoms with van der Waals surface area (Å²) in [5, 5.41) is 12.6. The summed E-state index contributed by atoms with van der Waals surface area (Å²) in [5.74, 6) is -0.268. The molecule has 4 nitrogen and oxygen atoms in total. The summed E-state index contributed by atoms with van der Waals surface area (Å²) in [7, 11) is 1.35. The van der Waals surface area contributed by atoms with Gasteiger partial charge in [-0.15, -0.1) is 0 Å². The molecule has 0 aromatic heterocycles. The molecule has 5 heteroatoms. The number of hydrogen-bond acceptors (Lipinski definition) is 4. The molecule has 0 heterocycles. The number of esters is 1. The molecule has 2 N–H and O–H groups in total. The third-order valence-electron chi connectivity index (χ3n) is 3.30. The highest BCUT2D eigenvalue weighted by Crippen LogP contribution is 2.32. The Labute approximate surface area is 131 Å². The molecule has 1 atom stereocenters. The van der Waals surface area contributed by atoms with Crippen LogP contribution in [0.4, 0.5) is 5.69 Å². The summed E-state index contributed by atoms with van der Waals surface area (Å²) in [4.78, 5) is 12.3. The molecular formula is C16H16BrNO3. The van der Waals surface area contributed by atoms with E-state index in [2.05, 4.69) is 21.2 Å². The minimum absolute atomic E-state index is 0.145. The van der Waals surface area contributed by atoms with E-state index < -0.39 is 11.5 Å². The summed E-state index contributed by atoms with van der Waals surface area (Å²) in [6, 6.07) is 14.0. The number of benzene rings is 2. The second-order valence-electron chi connectivity index (χ2n) is 4.77. The van der Waals surface area contributed by atoms with E-state index in [-0.39, 0.29) is 5.75 Å². The van der Waals surface area contributed by atoms with Crippen LogP contribution in [0.2, 0.25) is 0 Å². The summed E-state index contributed by atoms with van der Waals surface area (Å²) >= 11 is 3.45. The predicted molar refractivity (Wildman–Crippen MR) is 85.2 cm³/mol. The second kappa shape index (κ2) is 6.18. The first-order valence-corrected chi connectivity index (χ1v) is 7.17. The normalized spacial score (nSPS) is 13.3. The first kappa shape index (κ1) is 15.4. The van der Waals surface area contributed by atoms with Crippen LogP contribution >= 0.6 is 15.9 Å². The molecule has 0 spiro atoms. The molecule has 0 saturated heterocycles. The van der Waals surface area contributed by atoms with Gasteiger partial charge >= 0.3 is 5.97 Å². The number of para-hydroxylation sites is 1. The summed E-state index contributed by atoms with van der Waals surface area (Å²) in [6.45, 7) is 1.74. The van der Waals surface area contributed by atoms with E-state index in [1.165, 1.54) is 19.2 Å². The number of phenolic OH excluding ortho intramolecular Hbond substituents is 1. The zero-order valence-corrected chi connectivity index (χ0v) is 13.3. The van der Waals surface area contributed by atoms with E-state index in [4.69, 9.17) is 4.74 Å². The number of rotatable bonds is 4. The zero-order valence-electron chi connectivity index (χ0n) is 11.8. The average Bonchev–Trinajstić information content (AvgIpc) is 2.49. The number of methoxy groups -OCH3 is 1. The number of carbonyl (C=O) groups is 1. The van der Waals surface area contributed by atoms with E-state index >= 15 is 0 Å². The van der Waals surface area contributed by atoms with Crippen molar-refractivity contribution in [3.05, 3.63) is 58.6 Å². The van der Waals surface area contributed by atoms with Gasteiger partial charge in [-0.25, -0.2) is 4.79 Å². The number of halogens is 1. The third-order valence-corrected chi connectivity index (χ3v) is 3.99. The molecule has 0 aliphatic carbocycles. The van der Waals surface area contributed by atoms with E-state index in [0.29, 0.717) is 5.56 Å². The molecule has 0 aliphatic heterocycles. The van der Waals surface area contributed by atoms with Gasteiger partial charge in [-0.2, -0.15) is 0 Å². The van der Waals surface area contributed by atoms with Crippen molar-refractivity contribution in [3.63, 3.8) is 0 Å². The third kappa shape index (κ3) is 3.19. The Balaban J connectivity index is 2.45. The van der Waals surface area contributed by atoms with Crippen molar-refractivity contribution in [3.8, 4) is 5.75 Å². The first-order valence-electron chi connectivity index (χ1n) is 6.38. The van der Waals surface area contributed by atoms with Crippen molar-refractivity contribution in [2.24, 2.45) is 0 Å². The van der Waals surface area contributed by atoms with Gasteiger partial charge in [0.2, 0.25) is 0 Å². The average molecular weight is 350 g/mol. The minimum atomic E-state index is -1.06. The Morgan fingerprint density at radius 3 is 2.38 bits per heavy atom. The molecule has 0 saturated carbocycles.